The van der Waals surface area contributed by atoms with E-state index in [4.69, 9.17) is 5.11 Å². The van der Waals surface area contributed by atoms with Crippen LogP contribution in [0.5, 0.6) is 0 Å². The third kappa shape index (κ3) is 2.34. The second kappa shape index (κ2) is 4.81. The molecule has 0 aliphatic rings. The van der Waals surface area contributed by atoms with Crippen LogP contribution in [0.3, 0.4) is 0 Å². The largest absolute Gasteiger partial charge is 0.476 e. The summed E-state index contributed by atoms with van der Waals surface area (Å²) in [4.78, 5) is 17.2. The van der Waals surface area contributed by atoms with Crippen LogP contribution in [0.4, 0.5) is 4.39 Å². The van der Waals surface area contributed by atoms with Gasteiger partial charge in [0, 0.05) is 0 Å². The van der Waals surface area contributed by atoms with Crippen LogP contribution < -0.4 is 0 Å². The maximum Gasteiger partial charge on any atom is 0.356 e. The molecule has 6 heteroatoms. The third-order valence-corrected chi connectivity index (χ3v) is 2.92. The summed E-state index contributed by atoms with van der Waals surface area (Å²) in [6.07, 6.45) is 0.0113. The molecule has 0 spiro atoms. The number of carboxylic acid groups (broad SMARTS) is 1. The van der Waals surface area contributed by atoms with Crippen molar-refractivity contribution >= 4 is 5.97 Å². The van der Waals surface area contributed by atoms with Gasteiger partial charge in [0.25, 0.3) is 0 Å². The van der Waals surface area contributed by atoms with Crippen molar-refractivity contribution in [2.24, 2.45) is 0 Å². The normalized spacial score (nSPS) is 12.4. The molecule has 0 radical (unpaired) electrons. The summed E-state index contributed by atoms with van der Waals surface area (Å²) in [6.45, 7) is 3.17. The molecular weight excluding hydrogens is 251 g/mol. The molecule has 1 heterocycles. The number of halogens is 1. The van der Waals surface area contributed by atoms with Gasteiger partial charge in [-0.2, -0.15) is 0 Å². The van der Waals surface area contributed by atoms with Crippen LogP contribution in [0.1, 0.15) is 39.0 Å². The summed E-state index contributed by atoms with van der Waals surface area (Å²) in [5.41, 5.74) is 1.05. The summed E-state index contributed by atoms with van der Waals surface area (Å²) < 4.78 is 13.5. The molecule has 1 unspecified atom stereocenters. The molecule has 0 amide bonds. The van der Waals surface area contributed by atoms with E-state index in [2.05, 4.69) is 9.97 Å². The number of aromatic carboxylic acids is 1. The second-order valence-corrected chi connectivity index (χ2v) is 4.34. The number of nitrogens with one attached hydrogen (secondary N) is 1. The minimum Gasteiger partial charge on any atom is -0.476 e. The van der Waals surface area contributed by atoms with Crippen LogP contribution in [-0.2, 0) is 0 Å². The fraction of sp³-hybridized carbons (Fsp3) is 0.231. The lowest BCUT2D eigenvalue weighted by Gasteiger charge is -2.13. The summed E-state index contributed by atoms with van der Waals surface area (Å²) in [6, 6.07) is 2.97. The zero-order chi connectivity index (χ0) is 14.2. The maximum atomic E-state index is 13.5. The predicted molar refractivity (Wildman–Crippen MR) is 65.5 cm³/mol. The number of aryl methyl sites for hydroxylation is 2. The number of imidazole rings is 1. The van der Waals surface area contributed by atoms with Crippen LogP contribution in [0.2, 0.25) is 0 Å². The van der Waals surface area contributed by atoms with Gasteiger partial charge in [0.05, 0.1) is 12.0 Å². The Bertz CT molecular complexity index is 614. The summed E-state index contributed by atoms with van der Waals surface area (Å²) in [5, 5.41) is 19.1. The topological polar surface area (TPSA) is 86.2 Å². The number of rotatable bonds is 3. The Morgan fingerprint density at radius 2 is 1.95 bits per heavy atom. The zero-order valence-corrected chi connectivity index (χ0v) is 10.4. The molecule has 0 saturated carbocycles. The highest BCUT2D eigenvalue weighted by molar-refractivity contribution is 5.86. The average Bonchev–Trinajstić information content (AvgIpc) is 2.83. The van der Waals surface area contributed by atoms with Crippen molar-refractivity contribution in [3.05, 3.63) is 52.4 Å². The minimum atomic E-state index is -1.23. The Labute approximate surface area is 108 Å². The average molecular weight is 264 g/mol. The lowest BCUT2D eigenvalue weighted by atomic mass is 10.00. The first-order valence-corrected chi connectivity index (χ1v) is 5.63. The van der Waals surface area contributed by atoms with Crippen LogP contribution in [-0.4, -0.2) is 26.2 Å². The van der Waals surface area contributed by atoms with Crippen molar-refractivity contribution in [1.29, 1.82) is 0 Å². The van der Waals surface area contributed by atoms with E-state index in [1.807, 2.05) is 0 Å². The minimum absolute atomic E-state index is 0.0814. The summed E-state index contributed by atoms with van der Waals surface area (Å²) >= 11 is 0. The maximum absolute atomic E-state index is 13.5. The predicted octanol–water partition coefficient (Wildman–Crippen LogP) is 1.95. The highest BCUT2D eigenvalue weighted by Crippen LogP contribution is 2.26. The molecule has 0 bridgehead atoms. The van der Waals surface area contributed by atoms with Crippen LogP contribution in [0.25, 0.3) is 0 Å². The molecule has 100 valence electrons. The molecule has 1 aromatic carbocycles. The van der Waals surface area contributed by atoms with Gasteiger partial charge in [-0.1, -0.05) is 12.1 Å². The van der Waals surface area contributed by atoms with Gasteiger partial charge in [0.2, 0.25) is 0 Å². The lowest BCUT2D eigenvalue weighted by molar-refractivity contribution is 0.0685. The van der Waals surface area contributed by atoms with E-state index in [0.717, 1.165) is 0 Å². The molecule has 0 fully saturated rings. The van der Waals surface area contributed by atoms with E-state index in [-0.39, 0.29) is 17.2 Å². The van der Waals surface area contributed by atoms with Gasteiger partial charge in [-0.15, -0.1) is 0 Å². The molecule has 1 aromatic heterocycles. The van der Waals surface area contributed by atoms with Gasteiger partial charge in [-0.3, -0.25) is 0 Å². The molecule has 3 N–H and O–H groups in total. The van der Waals surface area contributed by atoms with Gasteiger partial charge in [0.15, 0.2) is 5.69 Å². The number of hydrogen-bond donors (Lipinski definition) is 3. The molecule has 1 atom stereocenters. The van der Waals surface area contributed by atoms with E-state index < -0.39 is 12.1 Å². The van der Waals surface area contributed by atoms with Crippen LogP contribution in [0.15, 0.2) is 18.5 Å². The SMILES string of the molecule is Cc1cc(C(O)c2[nH]cnc2C(=O)O)cc(C)c1F. The number of aliphatic hydroxyl groups is 1. The van der Waals surface area contributed by atoms with Crippen molar-refractivity contribution in [3.63, 3.8) is 0 Å². The van der Waals surface area contributed by atoms with Gasteiger partial charge in [-0.05, 0) is 30.5 Å². The number of nitrogens with zero attached hydrogens (tertiary/aromatic N) is 1. The van der Waals surface area contributed by atoms with Gasteiger partial charge >= 0.3 is 5.97 Å². The first-order chi connectivity index (χ1) is 8.91. The van der Waals surface area contributed by atoms with Crippen molar-refractivity contribution < 1.29 is 19.4 Å². The highest BCUT2D eigenvalue weighted by Gasteiger charge is 2.22. The Morgan fingerprint density at radius 1 is 1.37 bits per heavy atom. The number of aromatic amines is 1. The smallest absolute Gasteiger partial charge is 0.356 e. The number of benzene rings is 1. The number of H-pyrrole nitrogens is 1. The standard InChI is InChI=1S/C13H13FN2O3/c1-6-3-8(4-7(2)9(6)14)12(17)10-11(13(18)19)16-5-15-10/h3-5,12,17H,1-2H3,(H,15,16)(H,18,19). The number of aromatic nitrogens is 2. The van der Waals surface area contributed by atoms with Gasteiger partial charge in [0.1, 0.15) is 11.9 Å². The molecular formula is C13H13FN2O3. The fourth-order valence-electron chi connectivity index (χ4n) is 1.99. The summed E-state index contributed by atoms with van der Waals surface area (Å²) in [7, 11) is 0. The molecule has 0 aliphatic carbocycles. The Morgan fingerprint density at radius 3 is 2.47 bits per heavy atom. The number of aliphatic hydroxyl groups excluding tert-OH is 1. The van der Waals surface area contributed by atoms with Crippen molar-refractivity contribution in [3.8, 4) is 0 Å². The van der Waals surface area contributed by atoms with E-state index in [9.17, 15) is 14.3 Å². The van der Waals surface area contributed by atoms with Crippen molar-refractivity contribution in [2.45, 2.75) is 20.0 Å². The number of carbonyl (C=O) groups is 1. The highest BCUT2D eigenvalue weighted by atomic mass is 19.1. The molecule has 0 saturated heterocycles. The molecule has 19 heavy (non-hydrogen) atoms. The molecule has 5 nitrogen and oxygen atoms in total. The fourth-order valence-corrected chi connectivity index (χ4v) is 1.99. The molecule has 0 aliphatic heterocycles. The quantitative estimate of drug-likeness (QED) is 0.790. The summed E-state index contributed by atoms with van der Waals surface area (Å²) in [5.74, 6) is -1.56. The van der Waals surface area contributed by atoms with Crippen LogP contribution in [0, 0.1) is 19.7 Å². The Kier molecular flexibility index (Phi) is 3.35. The molecule has 2 aromatic rings. The monoisotopic (exact) mass is 264 g/mol. The third-order valence-electron chi connectivity index (χ3n) is 2.92. The first-order valence-electron chi connectivity index (χ1n) is 5.63. The van der Waals surface area contributed by atoms with Gasteiger partial charge < -0.3 is 15.2 Å². The van der Waals surface area contributed by atoms with E-state index in [1.54, 1.807) is 13.8 Å². The number of carboxylic acids is 1. The van der Waals surface area contributed by atoms with E-state index in [1.165, 1.54) is 18.5 Å². The lowest BCUT2D eigenvalue weighted by Crippen LogP contribution is -2.09. The Balaban J connectivity index is 2.47. The zero-order valence-electron chi connectivity index (χ0n) is 10.4. The van der Waals surface area contributed by atoms with Crippen molar-refractivity contribution in [2.75, 3.05) is 0 Å². The van der Waals surface area contributed by atoms with E-state index in [0.29, 0.717) is 16.7 Å². The van der Waals surface area contributed by atoms with E-state index >= 15 is 0 Å². The van der Waals surface area contributed by atoms with Gasteiger partial charge in [-0.25, -0.2) is 14.2 Å². The number of hydrogen-bond acceptors (Lipinski definition) is 3. The second-order valence-electron chi connectivity index (χ2n) is 4.34. The Hall–Kier alpha value is -2.21. The molecule has 2 rings (SSSR count). The first kappa shape index (κ1) is 13.2. The van der Waals surface area contributed by atoms with Crippen molar-refractivity contribution in [1.82, 2.24) is 9.97 Å². The van der Waals surface area contributed by atoms with Crippen LogP contribution >= 0.6 is 0 Å².